The molecule has 47 heavy (non-hydrogen) atoms. The zero-order valence-corrected chi connectivity index (χ0v) is 24.2. The quantitative estimate of drug-likeness (QED) is 0.178. The summed E-state index contributed by atoms with van der Waals surface area (Å²) in [5.41, 5.74) is -0.825. The molecule has 0 aliphatic carbocycles. The first kappa shape index (κ1) is 32.9. The molecule has 2 N–H and O–H groups in total. The highest BCUT2D eigenvalue weighted by Crippen LogP contribution is 2.45. The third-order valence-corrected chi connectivity index (χ3v) is 7.28. The molecule has 3 amide bonds. The minimum Gasteiger partial charge on any atom is -0.339 e. The van der Waals surface area contributed by atoms with Crippen LogP contribution in [0.1, 0.15) is 39.9 Å². The van der Waals surface area contributed by atoms with Crippen molar-refractivity contribution in [1.29, 1.82) is 0 Å². The molecule has 0 radical (unpaired) electrons. The first-order chi connectivity index (χ1) is 22.2. The van der Waals surface area contributed by atoms with Gasteiger partial charge in [0.1, 0.15) is 17.7 Å². The molecule has 1 aromatic heterocycles. The second-order valence-corrected chi connectivity index (χ2v) is 10.3. The molecule has 0 bridgehead atoms. The fourth-order valence-corrected chi connectivity index (χ4v) is 5.26. The van der Waals surface area contributed by atoms with E-state index < -0.39 is 59.0 Å². The monoisotopic (exact) mass is 659 g/mol. The number of fused-ring (bicyclic) bond motifs is 1. The normalized spacial score (nSPS) is 16.7. The van der Waals surface area contributed by atoms with E-state index in [2.05, 4.69) is 15.7 Å². The molecule has 0 saturated carbocycles. The molecule has 5 rings (SSSR count). The molecule has 0 saturated heterocycles. The zero-order chi connectivity index (χ0) is 34.1. The van der Waals surface area contributed by atoms with Gasteiger partial charge in [-0.2, -0.15) is 26.3 Å². The summed E-state index contributed by atoms with van der Waals surface area (Å²) in [6.07, 6.45) is -9.60. The number of nitrogens with one attached hydrogen (secondary N) is 2. The van der Waals surface area contributed by atoms with Crippen LogP contribution >= 0.6 is 0 Å². The van der Waals surface area contributed by atoms with E-state index in [4.69, 9.17) is 0 Å². The second-order valence-electron chi connectivity index (χ2n) is 10.3. The van der Waals surface area contributed by atoms with E-state index in [0.29, 0.717) is 11.8 Å². The van der Waals surface area contributed by atoms with E-state index in [1.54, 1.807) is 37.3 Å². The molecule has 2 atom stereocenters. The molecule has 0 unspecified atom stereocenters. The maximum absolute atomic E-state index is 14.2. The summed E-state index contributed by atoms with van der Waals surface area (Å²) < 4.78 is 94.1. The lowest BCUT2D eigenvalue weighted by molar-refractivity contribution is -0.137. The van der Waals surface area contributed by atoms with Crippen LogP contribution in [-0.4, -0.2) is 46.3 Å². The predicted octanol–water partition coefficient (Wildman–Crippen LogP) is 6.38. The van der Waals surface area contributed by atoms with Gasteiger partial charge in [-0.15, -0.1) is 5.10 Å². The molecule has 15 heteroatoms. The van der Waals surface area contributed by atoms with E-state index in [-0.39, 0.29) is 41.5 Å². The van der Waals surface area contributed by atoms with Crippen LogP contribution in [-0.2, 0) is 15.8 Å². The molecular formula is C32H24F7N5O3. The number of aromatic nitrogens is 2. The van der Waals surface area contributed by atoms with Gasteiger partial charge in [-0.3, -0.25) is 19.3 Å². The van der Waals surface area contributed by atoms with E-state index in [9.17, 15) is 45.1 Å². The average molecular weight is 660 g/mol. The highest BCUT2D eigenvalue weighted by molar-refractivity contribution is 6.07. The molecular weight excluding hydrogens is 635 g/mol. The summed E-state index contributed by atoms with van der Waals surface area (Å²) in [6, 6.07) is 15.0. The van der Waals surface area contributed by atoms with Gasteiger partial charge in [0.2, 0.25) is 5.91 Å². The fraction of sp³-hybridized carbons (Fsp3) is 0.188. The third-order valence-electron chi connectivity index (χ3n) is 7.28. The van der Waals surface area contributed by atoms with Crippen molar-refractivity contribution >= 4 is 29.4 Å². The largest absolute Gasteiger partial charge is 0.416 e. The van der Waals surface area contributed by atoms with Crippen LogP contribution in [0.5, 0.6) is 0 Å². The van der Waals surface area contributed by atoms with E-state index >= 15 is 0 Å². The number of anilines is 2. The number of carbonyl (C=O) groups is 3. The number of para-hydroxylation sites is 1. The minimum atomic E-state index is -4.80. The maximum Gasteiger partial charge on any atom is 0.416 e. The molecule has 1 aliphatic heterocycles. The number of benzene rings is 3. The lowest BCUT2D eigenvalue weighted by Crippen LogP contribution is -2.55. The summed E-state index contributed by atoms with van der Waals surface area (Å²) in [6.45, 7) is 1.57. The van der Waals surface area contributed by atoms with Crippen molar-refractivity contribution in [1.82, 2.24) is 15.1 Å². The van der Waals surface area contributed by atoms with Crippen molar-refractivity contribution in [2.24, 2.45) is 0 Å². The molecule has 2 heterocycles. The summed E-state index contributed by atoms with van der Waals surface area (Å²) >= 11 is 0. The Hall–Kier alpha value is -5.47. The second kappa shape index (κ2) is 12.7. The fourth-order valence-electron chi connectivity index (χ4n) is 5.26. The number of hydrogen-bond acceptors (Lipinski definition) is 4. The van der Waals surface area contributed by atoms with Gasteiger partial charge in [0.15, 0.2) is 5.82 Å². The lowest BCUT2D eigenvalue weighted by Gasteiger charge is -2.38. The standard InChI is InChI=1S/C32H24F7N5O3/c1-2-43-29-25(27(40-23(45)15-16-31(34,35)36)42-44(29)22-9-4-3-5-10-22)24(18-11-13-21(33)14-12-18)26(30(43)47)41-28(46)19-7-6-8-20(17-19)32(37,38)39/h3-17,24,26H,2H2,1H3,(H,41,46)(H,40,42,45)/b16-15+/t24-,26-/m0/s1. The smallest absolute Gasteiger partial charge is 0.339 e. The number of nitrogens with zero attached hydrogens (tertiary/aromatic N) is 3. The Labute approximate surface area is 262 Å². The van der Waals surface area contributed by atoms with Crippen molar-refractivity contribution in [3.8, 4) is 5.69 Å². The Bertz CT molecular complexity index is 1830. The zero-order valence-electron chi connectivity index (χ0n) is 24.2. The molecule has 0 fully saturated rings. The Kier molecular flexibility index (Phi) is 8.91. The molecule has 3 aromatic carbocycles. The summed E-state index contributed by atoms with van der Waals surface area (Å²) in [7, 11) is 0. The SMILES string of the molecule is CCN1C(=O)[C@@H](NC(=O)c2cccc(C(F)(F)F)c2)[C@@H](c2ccc(F)cc2)c2c(NC(=O)/C=C/C(F)(F)F)nn(-c3ccccc3)c21. The molecule has 1 aliphatic rings. The lowest BCUT2D eigenvalue weighted by atomic mass is 9.81. The number of carbonyl (C=O) groups excluding carboxylic acids is 3. The number of allylic oxidation sites excluding steroid dienone is 1. The maximum atomic E-state index is 14.2. The van der Waals surface area contributed by atoms with Gasteiger partial charge in [0.05, 0.1) is 11.3 Å². The number of halogens is 7. The van der Waals surface area contributed by atoms with Crippen LogP contribution in [0.2, 0.25) is 0 Å². The summed E-state index contributed by atoms with van der Waals surface area (Å²) in [4.78, 5) is 41.5. The van der Waals surface area contributed by atoms with Gasteiger partial charge in [-0.25, -0.2) is 9.07 Å². The van der Waals surface area contributed by atoms with Crippen LogP contribution in [0.25, 0.3) is 5.69 Å². The Morgan fingerprint density at radius 2 is 1.62 bits per heavy atom. The molecule has 4 aromatic rings. The Morgan fingerprint density at radius 1 is 0.936 bits per heavy atom. The Balaban J connectivity index is 1.70. The topological polar surface area (TPSA) is 96.3 Å². The van der Waals surface area contributed by atoms with Crippen molar-refractivity contribution in [3.63, 3.8) is 0 Å². The van der Waals surface area contributed by atoms with E-state index in [1.165, 1.54) is 21.7 Å². The first-order valence-corrected chi connectivity index (χ1v) is 14.0. The minimum absolute atomic E-state index is 0.0300. The van der Waals surface area contributed by atoms with E-state index in [1.807, 2.05) is 0 Å². The summed E-state index contributed by atoms with van der Waals surface area (Å²) in [5, 5.41) is 9.28. The third kappa shape index (κ3) is 7.03. The molecule has 8 nitrogen and oxygen atoms in total. The van der Waals surface area contributed by atoms with Gasteiger partial charge in [-0.05, 0) is 55.0 Å². The highest BCUT2D eigenvalue weighted by atomic mass is 19.4. The van der Waals surface area contributed by atoms with Crippen LogP contribution in [0.15, 0.2) is 91.0 Å². The van der Waals surface area contributed by atoms with Gasteiger partial charge in [0, 0.05) is 35.7 Å². The van der Waals surface area contributed by atoms with E-state index in [0.717, 1.165) is 30.3 Å². The number of alkyl halides is 6. The van der Waals surface area contributed by atoms with Crippen LogP contribution in [0.4, 0.5) is 42.4 Å². The van der Waals surface area contributed by atoms with Gasteiger partial charge in [0.25, 0.3) is 11.8 Å². The Morgan fingerprint density at radius 3 is 2.23 bits per heavy atom. The van der Waals surface area contributed by atoms with Crippen LogP contribution in [0, 0.1) is 5.82 Å². The number of hydrogen-bond donors (Lipinski definition) is 2. The van der Waals surface area contributed by atoms with Gasteiger partial charge < -0.3 is 10.6 Å². The molecule has 0 spiro atoms. The first-order valence-electron chi connectivity index (χ1n) is 14.0. The van der Waals surface area contributed by atoms with Crippen LogP contribution < -0.4 is 15.5 Å². The number of amides is 3. The van der Waals surface area contributed by atoms with Crippen LogP contribution in [0.3, 0.4) is 0 Å². The van der Waals surface area contributed by atoms with Crippen molar-refractivity contribution < 1.29 is 45.1 Å². The van der Waals surface area contributed by atoms with Crippen molar-refractivity contribution in [2.45, 2.75) is 31.2 Å². The van der Waals surface area contributed by atoms with Crippen molar-refractivity contribution in [3.05, 3.63) is 119 Å². The number of rotatable bonds is 7. The average Bonchev–Trinajstić information content (AvgIpc) is 3.39. The summed E-state index contributed by atoms with van der Waals surface area (Å²) in [5.74, 6) is -5.07. The molecule has 244 valence electrons. The van der Waals surface area contributed by atoms with Gasteiger partial charge >= 0.3 is 12.4 Å². The van der Waals surface area contributed by atoms with Crippen molar-refractivity contribution in [2.75, 3.05) is 16.8 Å². The highest BCUT2D eigenvalue weighted by Gasteiger charge is 2.46. The van der Waals surface area contributed by atoms with Gasteiger partial charge in [-0.1, -0.05) is 36.4 Å². The number of likely N-dealkylation sites (N-methyl/N-ethyl adjacent to an activating group) is 1. The predicted molar refractivity (Wildman–Crippen MR) is 156 cm³/mol.